The molecule has 3 aliphatic rings. The van der Waals surface area contributed by atoms with E-state index < -0.39 is 11.2 Å². The van der Waals surface area contributed by atoms with Crippen molar-refractivity contribution in [2.24, 2.45) is 11.3 Å². The predicted molar refractivity (Wildman–Crippen MR) is 46.7 cm³/mol. The molecule has 2 heteroatoms. The van der Waals surface area contributed by atoms with Gasteiger partial charge in [-0.2, -0.15) is 0 Å². The Hall–Kier alpha value is -0.0800. The number of hydrogen-bond acceptors (Lipinski definition) is 2. The van der Waals surface area contributed by atoms with Crippen LogP contribution in [0.3, 0.4) is 0 Å². The highest BCUT2D eigenvalue weighted by Gasteiger charge is 2.69. The summed E-state index contributed by atoms with van der Waals surface area (Å²) in [6, 6.07) is 0. The molecule has 1 unspecified atom stereocenters. The number of fused-ring (bicyclic) bond motifs is 2. The fourth-order valence-corrected chi connectivity index (χ4v) is 3.12. The molecule has 2 bridgehead atoms. The van der Waals surface area contributed by atoms with Crippen LogP contribution in [-0.2, 0) is 0 Å². The number of rotatable bonds is 0. The minimum absolute atomic E-state index is 0.0885. The van der Waals surface area contributed by atoms with Crippen LogP contribution in [0.2, 0.25) is 0 Å². The maximum atomic E-state index is 10.2. The molecule has 0 saturated heterocycles. The summed E-state index contributed by atoms with van der Waals surface area (Å²) in [6.07, 6.45) is 2.59. The van der Waals surface area contributed by atoms with E-state index in [1.807, 2.05) is 0 Å². The lowest BCUT2D eigenvalue weighted by Gasteiger charge is -2.68. The molecule has 0 radical (unpaired) electrons. The van der Waals surface area contributed by atoms with Crippen LogP contribution in [-0.4, -0.2) is 21.4 Å². The molecule has 0 aliphatic heterocycles. The Balaban J connectivity index is 2.37. The topological polar surface area (TPSA) is 40.5 Å². The van der Waals surface area contributed by atoms with Crippen LogP contribution >= 0.6 is 0 Å². The van der Waals surface area contributed by atoms with Crippen LogP contribution < -0.4 is 0 Å². The third kappa shape index (κ3) is 0.647. The molecule has 0 spiro atoms. The van der Waals surface area contributed by atoms with Crippen LogP contribution in [0.4, 0.5) is 0 Å². The molecule has 2 N–H and O–H groups in total. The van der Waals surface area contributed by atoms with E-state index in [0.717, 1.165) is 19.3 Å². The molecule has 3 aliphatic carbocycles. The second-order valence-electron chi connectivity index (χ2n) is 5.30. The van der Waals surface area contributed by atoms with E-state index in [1.165, 1.54) is 0 Å². The van der Waals surface area contributed by atoms with Crippen LogP contribution in [0.15, 0.2) is 0 Å². The van der Waals surface area contributed by atoms with Gasteiger partial charge in [-0.25, -0.2) is 0 Å². The molecule has 0 aromatic rings. The van der Waals surface area contributed by atoms with E-state index in [9.17, 15) is 10.2 Å². The molecule has 0 aromatic heterocycles. The average molecular weight is 170 g/mol. The van der Waals surface area contributed by atoms with Crippen LogP contribution in [0.5, 0.6) is 0 Å². The van der Waals surface area contributed by atoms with Crippen molar-refractivity contribution in [2.75, 3.05) is 0 Å². The summed E-state index contributed by atoms with van der Waals surface area (Å²) < 4.78 is 0. The summed E-state index contributed by atoms with van der Waals surface area (Å²) in [7, 11) is 0. The molecule has 0 amide bonds. The average Bonchev–Trinajstić information content (AvgIpc) is 1.94. The van der Waals surface area contributed by atoms with Gasteiger partial charge < -0.3 is 10.2 Å². The summed E-state index contributed by atoms with van der Waals surface area (Å²) in [5, 5.41) is 20.3. The monoisotopic (exact) mass is 170 g/mol. The van der Waals surface area contributed by atoms with Crippen LogP contribution in [0.25, 0.3) is 0 Å². The zero-order chi connectivity index (χ0) is 9.20. The largest absolute Gasteiger partial charge is 0.387 e. The molecule has 0 aromatic carbocycles. The Morgan fingerprint density at radius 3 is 2.08 bits per heavy atom. The molecule has 3 atom stereocenters. The van der Waals surface area contributed by atoms with E-state index in [4.69, 9.17) is 0 Å². The van der Waals surface area contributed by atoms with Gasteiger partial charge in [0.05, 0.1) is 11.2 Å². The van der Waals surface area contributed by atoms with Gasteiger partial charge >= 0.3 is 0 Å². The summed E-state index contributed by atoms with van der Waals surface area (Å²) >= 11 is 0. The van der Waals surface area contributed by atoms with Crippen molar-refractivity contribution in [1.29, 1.82) is 0 Å². The third-order valence-electron chi connectivity index (χ3n) is 4.50. The molecular formula is C10H18O2. The fourth-order valence-electron chi connectivity index (χ4n) is 3.12. The van der Waals surface area contributed by atoms with Gasteiger partial charge in [0.1, 0.15) is 0 Å². The lowest BCUT2D eigenvalue weighted by Crippen LogP contribution is -2.74. The van der Waals surface area contributed by atoms with Gasteiger partial charge in [-0.15, -0.1) is 0 Å². The first kappa shape index (κ1) is 8.52. The van der Waals surface area contributed by atoms with Gasteiger partial charge in [0.2, 0.25) is 0 Å². The standard InChI is InChI=1S/C10H18O2/c1-8(2)7-4-5-9(3,11)10(8,12)6-7/h7,11-12H,4-6H2,1-3H3/t7-,9?,10+/m1/s1. The lowest BCUT2D eigenvalue weighted by molar-refractivity contribution is -0.312. The highest BCUT2D eigenvalue weighted by Crippen LogP contribution is 2.65. The molecule has 0 heterocycles. The number of hydrogen-bond donors (Lipinski definition) is 2. The first-order valence-electron chi connectivity index (χ1n) is 4.76. The van der Waals surface area contributed by atoms with Crippen molar-refractivity contribution in [2.45, 2.75) is 51.2 Å². The van der Waals surface area contributed by atoms with Gasteiger partial charge in [-0.1, -0.05) is 13.8 Å². The molecular weight excluding hydrogens is 152 g/mol. The van der Waals surface area contributed by atoms with Crippen molar-refractivity contribution >= 4 is 0 Å². The fraction of sp³-hybridized carbons (Fsp3) is 1.00. The quantitative estimate of drug-likeness (QED) is 0.575. The van der Waals surface area contributed by atoms with Crippen molar-refractivity contribution in [3.05, 3.63) is 0 Å². The minimum atomic E-state index is -0.870. The molecule has 3 rings (SSSR count). The summed E-state index contributed by atoms with van der Waals surface area (Å²) in [6.45, 7) is 5.90. The van der Waals surface area contributed by atoms with E-state index in [0.29, 0.717) is 5.92 Å². The van der Waals surface area contributed by atoms with Gasteiger partial charge in [0, 0.05) is 0 Å². The summed E-state index contributed by atoms with van der Waals surface area (Å²) in [5.41, 5.74) is -1.79. The predicted octanol–water partition coefficient (Wildman–Crippen LogP) is 1.31. The Morgan fingerprint density at radius 1 is 1.17 bits per heavy atom. The molecule has 70 valence electrons. The Morgan fingerprint density at radius 2 is 1.75 bits per heavy atom. The van der Waals surface area contributed by atoms with Gasteiger partial charge in [0.15, 0.2) is 0 Å². The number of aliphatic hydroxyl groups is 2. The maximum Gasteiger partial charge on any atom is 0.0986 e. The minimum Gasteiger partial charge on any atom is -0.387 e. The summed E-state index contributed by atoms with van der Waals surface area (Å²) in [5.74, 6) is 0.614. The van der Waals surface area contributed by atoms with Gasteiger partial charge in [0.25, 0.3) is 0 Å². The van der Waals surface area contributed by atoms with Crippen LogP contribution in [0, 0.1) is 11.3 Å². The van der Waals surface area contributed by atoms with Gasteiger partial charge in [-0.05, 0) is 37.5 Å². The molecule has 2 nitrogen and oxygen atoms in total. The Kier molecular flexibility index (Phi) is 1.33. The third-order valence-corrected chi connectivity index (χ3v) is 4.50. The normalized spacial score (nSPS) is 56.2. The Labute approximate surface area is 73.6 Å². The van der Waals surface area contributed by atoms with Crippen molar-refractivity contribution in [1.82, 2.24) is 0 Å². The second-order valence-corrected chi connectivity index (χ2v) is 5.30. The second kappa shape index (κ2) is 1.88. The van der Waals surface area contributed by atoms with Crippen LogP contribution in [0.1, 0.15) is 40.0 Å². The van der Waals surface area contributed by atoms with Gasteiger partial charge in [-0.3, -0.25) is 0 Å². The smallest absolute Gasteiger partial charge is 0.0986 e. The highest BCUT2D eigenvalue weighted by atomic mass is 16.4. The highest BCUT2D eigenvalue weighted by molar-refractivity contribution is 5.20. The first-order chi connectivity index (χ1) is 5.31. The first-order valence-corrected chi connectivity index (χ1v) is 4.76. The molecule has 3 fully saturated rings. The molecule has 12 heavy (non-hydrogen) atoms. The maximum absolute atomic E-state index is 10.2. The van der Waals surface area contributed by atoms with E-state index in [-0.39, 0.29) is 5.41 Å². The SMILES string of the molecule is CC1(O)CC[C@@H]2C[C@]1(O)C2(C)C. The van der Waals surface area contributed by atoms with Crippen molar-refractivity contribution < 1.29 is 10.2 Å². The molecule has 3 saturated carbocycles. The van der Waals surface area contributed by atoms with Crippen molar-refractivity contribution in [3.8, 4) is 0 Å². The zero-order valence-electron chi connectivity index (χ0n) is 8.09. The van der Waals surface area contributed by atoms with E-state index in [2.05, 4.69) is 13.8 Å². The van der Waals surface area contributed by atoms with Crippen molar-refractivity contribution in [3.63, 3.8) is 0 Å². The zero-order valence-corrected chi connectivity index (χ0v) is 8.09. The summed E-state index contributed by atoms with van der Waals surface area (Å²) in [4.78, 5) is 0. The lowest BCUT2D eigenvalue weighted by atomic mass is 9.41. The van der Waals surface area contributed by atoms with E-state index in [1.54, 1.807) is 6.92 Å². The van der Waals surface area contributed by atoms with E-state index >= 15 is 0 Å². The Bertz CT molecular complexity index is 210.